The van der Waals surface area contributed by atoms with Gasteiger partial charge in [-0.15, -0.1) is 0 Å². The molecule has 1 unspecified atom stereocenters. The highest BCUT2D eigenvalue weighted by Gasteiger charge is 2.53. The summed E-state index contributed by atoms with van der Waals surface area (Å²) in [5.74, 6) is 3.08. The fourth-order valence-corrected chi connectivity index (χ4v) is 5.73. The standard InChI is InChI=1S/C18H26N2/c1-12-17(4-3-5-19-12)20-13(2)18-9-14-6-15(10-18)8-16(7-14)11-18/h3-5,13-16,20H,6-11H2,1-2H3. The van der Waals surface area contributed by atoms with Crippen LogP contribution in [0, 0.1) is 30.1 Å². The van der Waals surface area contributed by atoms with Crippen LogP contribution in [0.25, 0.3) is 0 Å². The van der Waals surface area contributed by atoms with Gasteiger partial charge in [-0.05, 0) is 87.7 Å². The van der Waals surface area contributed by atoms with E-state index < -0.39 is 0 Å². The summed E-state index contributed by atoms with van der Waals surface area (Å²) in [6, 6.07) is 4.81. The number of hydrogen-bond acceptors (Lipinski definition) is 2. The molecule has 0 aliphatic heterocycles. The molecule has 1 aromatic rings. The number of aryl methyl sites for hydroxylation is 1. The summed E-state index contributed by atoms with van der Waals surface area (Å²) in [7, 11) is 0. The van der Waals surface area contributed by atoms with Crippen molar-refractivity contribution >= 4 is 5.69 Å². The third-order valence-electron chi connectivity index (χ3n) is 6.38. The first kappa shape index (κ1) is 12.7. The van der Waals surface area contributed by atoms with Gasteiger partial charge in [0.25, 0.3) is 0 Å². The molecule has 1 aromatic heterocycles. The third-order valence-corrected chi connectivity index (χ3v) is 6.38. The number of hydrogen-bond donors (Lipinski definition) is 1. The van der Waals surface area contributed by atoms with Gasteiger partial charge in [-0.3, -0.25) is 4.98 Å². The normalized spacial score (nSPS) is 39.8. The molecular formula is C18H26N2. The molecule has 2 heteroatoms. The third kappa shape index (κ3) is 1.96. The van der Waals surface area contributed by atoms with Gasteiger partial charge in [0, 0.05) is 12.2 Å². The van der Waals surface area contributed by atoms with Crippen LogP contribution in [0.4, 0.5) is 5.69 Å². The zero-order valence-corrected chi connectivity index (χ0v) is 12.7. The quantitative estimate of drug-likeness (QED) is 0.880. The van der Waals surface area contributed by atoms with Crippen molar-refractivity contribution in [3.8, 4) is 0 Å². The summed E-state index contributed by atoms with van der Waals surface area (Å²) in [6.45, 7) is 4.52. The van der Waals surface area contributed by atoms with Crippen molar-refractivity contribution in [1.29, 1.82) is 0 Å². The van der Waals surface area contributed by atoms with Crippen molar-refractivity contribution in [3.63, 3.8) is 0 Å². The number of anilines is 1. The maximum Gasteiger partial charge on any atom is 0.0603 e. The predicted molar refractivity (Wildman–Crippen MR) is 82.7 cm³/mol. The van der Waals surface area contributed by atoms with Crippen LogP contribution in [0.2, 0.25) is 0 Å². The van der Waals surface area contributed by atoms with Crippen LogP contribution in [0.1, 0.15) is 51.1 Å². The minimum Gasteiger partial charge on any atom is -0.381 e. The molecule has 4 aliphatic rings. The second kappa shape index (κ2) is 4.47. The molecule has 4 fully saturated rings. The highest BCUT2D eigenvalue weighted by molar-refractivity contribution is 5.47. The van der Waals surface area contributed by atoms with Crippen LogP contribution in [-0.2, 0) is 0 Å². The summed E-state index contributed by atoms with van der Waals surface area (Å²) in [4.78, 5) is 4.42. The Hall–Kier alpha value is -1.05. The number of nitrogens with one attached hydrogen (secondary N) is 1. The van der Waals surface area contributed by atoms with E-state index in [1.165, 1.54) is 44.2 Å². The molecule has 0 spiro atoms. The SMILES string of the molecule is Cc1ncccc1NC(C)C12CC3CC(CC(C3)C1)C2. The van der Waals surface area contributed by atoms with Gasteiger partial charge in [0.15, 0.2) is 0 Å². The Kier molecular flexibility index (Phi) is 2.84. The molecule has 0 aromatic carbocycles. The van der Waals surface area contributed by atoms with E-state index in [2.05, 4.69) is 30.2 Å². The van der Waals surface area contributed by atoms with Crippen molar-refractivity contribution < 1.29 is 0 Å². The minimum absolute atomic E-state index is 0.566. The van der Waals surface area contributed by atoms with Crippen molar-refractivity contribution in [1.82, 2.24) is 4.98 Å². The van der Waals surface area contributed by atoms with Gasteiger partial charge in [0.1, 0.15) is 0 Å². The molecular weight excluding hydrogens is 244 g/mol. The molecule has 4 aliphatic carbocycles. The molecule has 1 atom stereocenters. The van der Waals surface area contributed by atoms with Crippen LogP contribution < -0.4 is 5.32 Å². The van der Waals surface area contributed by atoms with Crippen LogP contribution in [0.5, 0.6) is 0 Å². The first-order valence-electron chi connectivity index (χ1n) is 8.33. The summed E-state index contributed by atoms with van der Waals surface area (Å²) >= 11 is 0. The largest absolute Gasteiger partial charge is 0.381 e. The van der Waals surface area contributed by atoms with Gasteiger partial charge in [-0.2, -0.15) is 0 Å². The predicted octanol–water partition coefficient (Wildman–Crippen LogP) is 4.41. The summed E-state index contributed by atoms with van der Waals surface area (Å²) < 4.78 is 0. The highest BCUT2D eigenvalue weighted by Crippen LogP contribution is 2.61. The molecule has 0 saturated heterocycles. The first-order valence-corrected chi connectivity index (χ1v) is 8.33. The van der Waals surface area contributed by atoms with Crippen LogP contribution in [-0.4, -0.2) is 11.0 Å². The maximum atomic E-state index is 4.42. The number of rotatable bonds is 3. The van der Waals surface area contributed by atoms with Gasteiger partial charge in [-0.1, -0.05) is 0 Å². The van der Waals surface area contributed by atoms with Gasteiger partial charge in [-0.25, -0.2) is 0 Å². The lowest BCUT2D eigenvalue weighted by atomic mass is 9.48. The maximum absolute atomic E-state index is 4.42. The second-order valence-electron chi connectivity index (χ2n) is 7.78. The number of aromatic nitrogens is 1. The minimum atomic E-state index is 0.566. The van der Waals surface area contributed by atoms with Gasteiger partial charge >= 0.3 is 0 Å². The van der Waals surface area contributed by atoms with E-state index in [0.717, 1.165) is 23.4 Å². The Bertz CT molecular complexity index is 473. The molecule has 1 heterocycles. The zero-order chi connectivity index (χ0) is 13.7. The fraction of sp³-hybridized carbons (Fsp3) is 0.722. The van der Waals surface area contributed by atoms with Gasteiger partial charge < -0.3 is 5.32 Å². The first-order chi connectivity index (χ1) is 9.64. The Balaban J connectivity index is 1.56. The number of pyridine rings is 1. The lowest BCUT2D eigenvalue weighted by Crippen LogP contribution is -2.52. The van der Waals surface area contributed by atoms with Crippen molar-refractivity contribution in [3.05, 3.63) is 24.0 Å². The van der Waals surface area contributed by atoms with Crippen LogP contribution in [0.15, 0.2) is 18.3 Å². The van der Waals surface area contributed by atoms with Crippen LogP contribution >= 0.6 is 0 Å². The average molecular weight is 270 g/mol. The monoisotopic (exact) mass is 270 g/mol. The Morgan fingerprint density at radius 3 is 2.30 bits per heavy atom. The lowest BCUT2D eigenvalue weighted by Gasteiger charge is -2.59. The molecule has 0 amide bonds. The molecule has 5 rings (SSSR count). The molecule has 4 saturated carbocycles. The van der Waals surface area contributed by atoms with Crippen molar-refractivity contribution in [2.45, 2.75) is 58.4 Å². The summed E-state index contributed by atoms with van der Waals surface area (Å²) in [5.41, 5.74) is 2.93. The Morgan fingerprint density at radius 1 is 1.15 bits per heavy atom. The second-order valence-corrected chi connectivity index (χ2v) is 7.78. The topological polar surface area (TPSA) is 24.9 Å². The fourth-order valence-electron chi connectivity index (χ4n) is 5.73. The van der Waals surface area contributed by atoms with Crippen molar-refractivity contribution in [2.24, 2.45) is 23.2 Å². The number of nitrogens with zero attached hydrogens (tertiary/aromatic N) is 1. The van der Waals surface area contributed by atoms with E-state index in [4.69, 9.17) is 0 Å². The Labute approximate surface area is 122 Å². The Morgan fingerprint density at radius 2 is 1.75 bits per heavy atom. The molecule has 1 N–H and O–H groups in total. The van der Waals surface area contributed by atoms with E-state index in [-0.39, 0.29) is 0 Å². The highest BCUT2D eigenvalue weighted by atomic mass is 15.0. The van der Waals surface area contributed by atoms with E-state index in [1.54, 1.807) is 0 Å². The van der Waals surface area contributed by atoms with E-state index in [0.29, 0.717) is 11.5 Å². The van der Waals surface area contributed by atoms with Crippen LogP contribution in [0.3, 0.4) is 0 Å². The van der Waals surface area contributed by atoms with Gasteiger partial charge in [0.05, 0.1) is 11.4 Å². The average Bonchev–Trinajstić information content (AvgIpc) is 2.40. The summed E-state index contributed by atoms with van der Waals surface area (Å²) in [6.07, 6.45) is 10.9. The van der Waals surface area contributed by atoms with E-state index >= 15 is 0 Å². The molecule has 0 radical (unpaired) electrons. The molecule has 4 bridgehead atoms. The zero-order valence-electron chi connectivity index (χ0n) is 12.7. The van der Waals surface area contributed by atoms with E-state index in [1.807, 2.05) is 12.3 Å². The lowest BCUT2D eigenvalue weighted by molar-refractivity contribution is -0.0602. The summed E-state index contributed by atoms with van der Waals surface area (Å²) in [5, 5.41) is 3.80. The molecule has 2 nitrogen and oxygen atoms in total. The van der Waals surface area contributed by atoms with Gasteiger partial charge in [0.2, 0.25) is 0 Å². The molecule has 20 heavy (non-hydrogen) atoms. The smallest absolute Gasteiger partial charge is 0.0603 e. The molecule has 108 valence electrons. The van der Waals surface area contributed by atoms with Crippen molar-refractivity contribution in [2.75, 3.05) is 5.32 Å². The van der Waals surface area contributed by atoms with E-state index in [9.17, 15) is 0 Å².